The van der Waals surface area contributed by atoms with Gasteiger partial charge in [-0.1, -0.05) is 48.5 Å². The van der Waals surface area contributed by atoms with E-state index in [4.69, 9.17) is 4.74 Å². The number of anilines is 1. The van der Waals surface area contributed by atoms with E-state index in [9.17, 15) is 4.79 Å². The Morgan fingerprint density at radius 1 is 1.03 bits per heavy atom. The minimum atomic E-state index is -0.248. The lowest BCUT2D eigenvalue weighted by Crippen LogP contribution is -2.14. The highest BCUT2D eigenvalue weighted by atomic mass is 16.5. The molecule has 0 bridgehead atoms. The van der Waals surface area contributed by atoms with Crippen LogP contribution in [-0.4, -0.2) is 32.8 Å². The van der Waals surface area contributed by atoms with Gasteiger partial charge in [-0.3, -0.25) is 4.79 Å². The first-order valence-electron chi connectivity index (χ1n) is 9.27. The molecule has 0 fully saturated rings. The fourth-order valence-electron chi connectivity index (χ4n) is 2.96. The topological polar surface area (TPSA) is 81.9 Å². The van der Waals surface area contributed by atoms with Crippen LogP contribution in [0, 0.1) is 0 Å². The predicted octanol–water partition coefficient (Wildman–Crippen LogP) is 3.85. The maximum atomic E-state index is 13.2. The SMILES string of the molecule is COc1ccccc1/C=C(/C(=O)Nc1ccc(-n2cncn2)nc1)c1ccccc1. The number of para-hydroxylation sites is 1. The molecule has 2 aromatic carbocycles. The van der Waals surface area contributed by atoms with Gasteiger partial charge in [0.15, 0.2) is 5.82 Å². The van der Waals surface area contributed by atoms with Crippen molar-refractivity contribution in [3.05, 3.63) is 96.7 Å². The summed E-state index contributed by atoms with van der Waals surface area (Å²) in [7, 11) is 1.61. The second-order valence-electron chi connectivity index (χ2n) is 6.37. The summed E-state index contributed by atoms with van der Waals surface area (Å²) in [5.74, 6) is 1.05. The van der Waals surface area contributed by atoms with E-state index in [0.717, 1.165) is 11.1 Å². The van der Waals surface area contributed by atoms with Crippen LogP contribution in [0.2, 0.25) is 0 Å². The summed E-state index contributed by atoms with van der Waals surface area (Å²) in [6.07, 6.45) is 6.40. The third-order valence-electron chi connectivity index (χ3n) is 4.43. The number of rotatable bonds is 6. The Labute approximate surface area is 173 Å². The Kier molecular flexibility index (Phi) is 5.61. The molecule has 0 saturated heterocycles. The first kappa shape index (κ1) is 19.1. The molecule has 0 spiro atoms. The lowest BCUT2D eigenvalue weighted by atomic mass is 10.0. The van der Waals surface area contributed by atoms with Crippen molar-refractivity contribution in [3.63, 3.8) is 0 Å². The van der Waals surface area contributed by atoms with Gasteiger partial charge in [0.05, 0.1) is 19.0 Å². The number of hydrogen-bond donors (Lipinski definition) is 1. The number of carbonyl (C=O) groups excluding carboxylic acids is 1. The van der Waals surface area contributed by atoms with Gasteiger partial charge in [-0.25, -0.2) is 14.6 Å². The average molecular weight is 397 g/mol. The van der Waals surface area contributed by atoms with E-state index >= 15 is 0 Å². The summed E-state index contributed by atoms with van der Waals surface area (Å²) >= 11 is 0. The van der Waals surface area contributed by atoms with Crippen molar-refractivity contribution in [1.29, 1.82) is 0 Å². The molecular weight excluding hydrogens is 378 g/mol. The van der Waals surface area contributed by atoms with Crippen molar-refractivity contribution in [2.75, 3.05) is 12.4 Å². The van der Waals surface area contributed by atoms with Gasteiger partial charge < -0.3 is 10.1 Å². The fourth-order valence-corrected chi connectivity index (χ4v) is 2.96. The monoisotopic (exact) mass is 397 g/mol. The maximum Gasteiger partial charge on any atom is 0.256 e. The van der Waals surface area contributed by atoms with E-state index in [2.05, 4.69) is 20.4 Å². The molecule has 0 aliphatic heterocycles. The molecule has 2 heterocycles. The Bertz CT molecular complexity index is 1150. The average Bonchev–Trinajstić information content (AvgIpc) is 3.34. The zero-order valence-electron chi connectivity index (χ0n) is 16.3. The molecule has 7 nitrogen and oxygen atoms in total. The molecular formula is C23H19N5O2. The summed E-state index contributed by atoms with van der Waals surface area (Å²) in [5.41, 5.74) is 2.70. The number of nitrogens with zero attached hydrogens (tertiary/aromatic N) is 4. The Hall–Kier alpha value is -4.26. The summed E-state index contributed by atoms with van der Waals surface area (Å²) in [6.45, 7) is 0. The van der Waals surface area contributed by atoms with Crippen LogP contribution in [0.5, 0.6) is 5.75 Å². The lowest BCUT2D eigenvalue weighted by molar-refractivity contribution is -0.111. The molecule has 0 aliphatic rings. The van der Waals surface area contributed by atoms with Crippen molar-refractivity contribution >= 4 is 23.2 Å². The lowest BCUT2D eigenvalue weighted by Gasteiger charge is -2.11. The van der Waals surface area contributed by atoms with Crippen molar-refractivity contribution < 1.29 is 9.53 Å². The molecule has 0 saturated carbocycles. The van der Waals surface area contributed by atoms with Gasteiger partial charge in [-0.05, 0) is 29.8 Å². The molecule has 4 rings (SSSR count). The van der Waals surface area contributed by atoms with Gasteiger partial charge in [-0.15, -0.1) is 0 Å². The molecule has 1 amide bonds. The van der Waals surface area contributed by atoms with Crippen LogP contribution in [0.4, 0.5) is 5.69 Å². The fraction of sp³-hybridized carbons (Fsp3) is 0.0435. The first-order chi connectivity index (χ1) is 14.7. The van der Waals surface area contributed by atoms with Crippen molar-refractivity contribution in [2.45, 2.75) is 0 Å². The van der Waals surface area contributed by atoms with Crippen molar-refractivity contribution in [2.24, 2.45) is 0 Å². The first-order valence-corrected chi connectivity index (χ1v) is 9.27. The number of hydrogen-bond acceptors (Lipinski definition) is 5. The van der Waals surface area contributed by atoms with E-state index in [1.54, 1.807) is 36.4 Å². The minimum absolute atomic E-state index is 0.248. The second kappa shape index (κ2) is 8.83. The molecule has 0 atom stereocenters. The van der Waals surface area contributed by atoms with Crippen molar-refractivity contribution in [3.8, 4) is 11.6 Å². The molecule has 7 heteroatoms. The van der Waals surface area contributed by atoms with Crippen LogP contribution >= 0.6 is 0 Å². The summed E-state index contributed by atoms with van der Waals surface area (Å²) in [5, 5.41) is 6.96. The zero-order valence-corrected chi connectivity index (χ0v) is 16.3. The predicted molar refractivity (Wildman–Crippen MR) is 115 cm³/mol. The van der Waals surface area contributed by atoms with Crippen molar-refractivity contribution in [1.82, 2.24) is 19.7 Å². The van der Waals surface area contributed by atoms with Gasteiger partial charge in [0.1, 0.15) is 18.4 Å². The Morgan fingerprint density at radius 3 is 2.53 bits per heavy atom. The van der Waals surface area contributed by atoms with Crippen LogP contribution in [0.25, 0.3) is 17.5 Å². The van der Waals surface area contributed by atoms with E-state index in [1.165, 1.54) is 6.33 Å². The molecule has 30 heavy (non-hydrogen) atoms. The number of amides is 1. The van der Waals surface area contributed by atoms with E-state index in [1.807, 2.05) is 60.7 Å². The van der Waals surface area contributed by atoms with Gasteiger partial charge in [-0.2, -0.15) is 5.10 Å². The standard InChI is InChI=1S/C23H19N5O2/c1-30-21-10-6-5-9-18(21)13-20(17-7-3-2-4-8-17)23(29)27-19-11-12-22(25-14-19)28-16-24-15-26-28/h2-16H,1H3,(H,27,29)/b20-13+. The third kappa shape index (κ3) is 4.25. The molecule has 1 N–H and O–H groups in total. The highest BCUT2D eigenvalue weighted by Gasteiger charge is 2.14. The van der Waals surface area contributed by atoms with E-state index in [0.29, 0.717) is 22.8 Å². The molecule has 4 aromatic rings. The summed E-state index contributed by atoms with van der Waals surface area (Å²) in [6, 6.07) is 20.6. The van der Waals surface area contributed by atoms with E-state index < -0.39 is 0 Å². The minimum Gasteiger partial charge on any atom is -0.496 e. The quantitative estimate of drug-likeness (QED) is 0.395. The smallest absolute Gasteiger partial charge is 0.256 e. The number of carbonyl (C=O) groups is 1. The number of aromatic nitrogens is 4. The van der Waals surface area contributed by atoms with Crippen LogP contribution in [0.15, 0.2) is 85.6 Å². The van der Waals surface area contributed by atoms with Crippen LogP contribution in [0.1, 0.15) is 11.1 Å². The molecule has 148 valence electrons. The third-order valence-corrected chi connectivity index (χ3v) is 4.43. The second-order valence-corrected chi connectivity index (χ2v) is 6.37. The molecule has 0 radical (unpaired) electrons. The number of benzene rings is 2. The van der Waals surface area contributed by atoms with E-state index in [-0.39, 0.29) is 5.91 Å². The zero-order chi connectivity index (χ0) is 20.8. The summed E-state index contributed by atoms with van der Waals surface area (Å²) < 4.78 is 6.97. The van der Waals surface area contributed by atoms with Gasteiger partial charge in [0.25, 0.3) is 5.91 Å². The highest BCUT2D eigenvalue weighted by molar-refractivity contribution is 6.29. The Morgan fingerprint density at radius 2 is 1.83 bits per heavy atom. The van der Waals surface area contributed by atoms with Crippen LogP contribution < -0.4 is 10.1 Å². The van der Waals surface area contributed by atoms with Crippen LogP contribution in [-0.2, 0) is 4.79 Å². The maximum absolute atomic E-state index is 13.2. The summed E-state index contributed by atoms with van der Waals surface area (Å²) in [4.78, 5) is 21.4. The number of ether oxygens (including phenoxy) is 1. The number of pyridine rings is 1. The number of nitrogens with one attached hydrogen (secondary N) is 1. The largest absolute Gasteiger partial charge is 0.496 e. The molecule has 0 aliphatic carbocycles. The Balaban J connectivity index is 1.64. The van der Waals surface area contributed by atoms with Crippen LogP contribution in [0.3, 0.4) is 0 Å². The molecule has 0 unspecified atom stereocenters. The molecule has 2 aromatic heterocycles. The van der Waals surface area contributed by atoms with Gasteiger partial charge >= 0.3 is 0 Å². The number of methoxy groups -OCH3 is 1. The normalized spacial score (nSPS) is 11.2. The highest BCUT2D eigenvalue weighted by Crippen LogP contribution is 2.25. The van der Waals surface area contributed by atoms with Gasteiger partial charge in [0.2, 0.25) is 0 Å². The van der Waals surface area contributed by atoms with Gasteiger partial charge in [0, 0.05) is 11.1 Å².